The van der Waals surface area contributed by atoms with Crippen molar-refractivity contribution in [1.29, 1.82) is 0 Å². The van der Waals surface area contributed by atoms with Crippen LogP contribution in [0.2, 0.25) is 0 Å². The maximum atomic E-state index is 13.2. The number of carbonyl (C=O) groups excluding carboxylic acids is 1. The summed E-state index contributed by atoms with van der Waals surface area (Å²) in [4.78, 5) is 17.4. The molecule has 2 aliphatic heterocycles. The van der Waals surface area contributed by atoms with Crippen molar-refractivity contribution in [2.45, 2.75) is 32.9 Å². The van der Waals surface area contributed by atoms with Crippen molar-refractivity contribution in [3.63, 3.8) is 0 Å². The second-order valence-corrected chi connectivity index (χ2v) is 8.39. The van der Waals surface area contributed by atoms with E-state index in [1.165, 1.54) is 5.56 Å². The van der Waals surface area contributed by atoms with E-state index in [9.17, 15) is 4.79 Å². The van der Waals surface area contributed by atoms with Gasteiger partial charge in [0.1, 0.15) is 5.82 Å². The largest absolute Gasteiger partial charge is 0.332 e. The number of hydrogen-bond donors (Lipinski definition) is 0. The highest BCUT2D eigenvalue weighted by Gasteiger charge is 2.35. The fraction of sp³-hybridized carbons (Fsp3) is 0.391. The quantitative estimate of drug-likeness (QED) is 0.691. The van der Waals surface area contributed by atoms with Gasteiger partial charge in [-0.05, 0) is 63.2 Å². The molecule has 1 aromatic carbocycles. The number of hydrogen-bond acceptors (Lipinski definition) is 3. The molecule has 1 amide bonds. The van der Waals surface area contributed by atoms with E-state index in [2.05, 4.69) is 47.7 Å². The van der Waals surface area contributed by atoms with Crippen LogP contribution >= 0.6 is 0 Å². The van der Waals surface area contributed by atoms with Gasteiger partial charge in [0.2, 0.25) is 5.91 Å². The fourth-order valence-electron chi connectivity index (χ4n) is 4.66. The lowest BCUT2D eigenvalue weighted by atomic mass is 9.97. The Bertz CT molecular complexity index is 1040. The number of amides is 1. The van der Waals surface area contributed by atoms with E-state index in [1.54, 1.807) is 0 Å². The Morgan fingerprint density at radius 2 is 1.97 bits per heavy atom. The van der Waals surface area contributed by atoms with Gasteiger partial charge in [-0.2, -0.15) is 5.10 Å². The van der Waals surface area contributed by atoms with Gasteiger partial charge in [0.05, 0.1) is 30.4 Å². The lowest BCUT2D eigenvalue weighted by Crippen LogP contribution is -2.41. The minimum Gasteiger partial charge on any atom is -0.332 e. The Balaban J connectivity index is 1.49. The maximum absolute atomic E-state index is 13.2. The fourth-order valence-corrected chi connectivity index (χ4v) is 4.66. The molecule has 0 radical (unpaired) electrons. The van der Waals surface area contributed by atoms with Crippen LogP contribution in [0.25, 0.3) is 11.5 Å². The van der Waals surface area contributed by atoms with Gasteiger partial charge in [0.15, 0.2) is 0 Å². The number of fused-ring (bicyclic) bond motifs is 1. The number of piperidine rings is 1. The zero-order valence-electron chi connectivity index (χ0n) is 17.1. The summed E-state index contributed by atoms with van der Waals surface area (Å²) in [5.41, 5.74) is 4.41. The van der Waals surface area contributed by atoms with E-state index < -0.39 is 0 Å². The number of aryl methyl sites for hydroxylation is 1. The topological polar surface area (TPSA) is 46.3 Å². The summed E-state index contributed by atoms with van der Waals surface area (Å²) in [6, 6.07) is 12.4. The Kier molecular flexibility index (Phi) is 4.51. The molecule has 6 nitrogen and oxygen atoms in total. The number of rotatable bonds is 3. The molecular weight excluding hydrogens is 362 g/mol. The van der Waals surface area contributed by atoms with Crippen molar-refractivity contribution < 1.29 is 4.79 Å². The molecule has 1 fully saturated rings. The molecule has 1 unspecified atom stereocenters. The van der Waals surface area contributed by atoms with Crippen molar-refractivity contribution in [3.8, 4) is 11.5 Å². The van der Waals surface area contributed by atoms with Gasteiger partial charge in [-0.3, -0.25) is 4.79 Å². The predicted molar refractivity (Wildman–Crippen MR) is 112 cm³/mol. The Hall–Kier alpha value is -2.86. The monoisotopic (exact) mass is 389 g/mol. The SMILES string of the molecule is Cc1cccc(-n2nc3c(c2-n2cccc2)CN(C(=O)C2CCCN(C)C2)C3)c1. The number of likely N-dealkylation sites (tertiary alicyclic amines) is 1. The lowest BCUT2D eigenvalue weighted by Gasteiger charge is -2.31. The number of nitrogens with zero attached hydrogens (tertiary/aromatic N) is 5. The minimum absolute atomic E-state index is 0.108. The van der Waals surface area contributed by atoms with Crippen LogP contribution in [0.5, 0.6) is 0 Å². The molecule has 0 spiro atoms. The van der Waals surface area contributed by atoms with Gasteiger partial charge in [-0.1, -0.05) is 12.1 Å². The van der Waals surface area contributed by atoms with Crippen LogP contribution in [-0.4, -0.2) is 50.2 Å². The molecule has 2 aliphatic rings. The van der Waals surface area contributed by atoms with E-state index in [1.807, 2.05) is 34.1 Å². The third kappa shape index (κ3) is 3.27. The average Bonchev–Trinajstić information content (AvgIpc) is 3.43. The highest BCUT2D eigenvalue weighted by atomic mass is 16.2. The van der Waals surface area contributed by atoms with Crippen LogP contribution in [0.3, 0.4) is 0 Å². The zero-order chi connectivity index (χ0) is 20.0. The van der Waals surface area contributed by atoms with Gasteiger partial charge in [-0.15, -0.1) is 0 Å². The van der Waals surface area contributed by atoms with Gasteiger partial charge < -0.3 is 14.4 Å². The smallest absolute Gasteiger partial charge is 0.227 e. The van der Waals surface area contributed by atoms with Gasteiger partial charge in [-0.25, -0.2) is 4.68 Å². The second kappa shape index (κ2) is 7.19. The normalized spacial score (nSPS) is 19.5. The highest BCUT2D eigenvalue weighted by Crippen LogP contribution is 2.32. The van der Waals surface area contributed by atoms with Crippen molar-refractivity contribution in [3.05, 3.63) is 65.6 Å². The summed E-state index contributed by atoms with van der Waals surface area (Å²) in [6.45, 7) is 5.28. The van der Waals surface area contributed by atoms with Crippen molar-refractivity contribution in [1.82, 2.24) is 24.1 Å². The molecular formula is C23H27N5O. The molecule has 1 atom stereocenters. The first-order valence-electron chi connectivity index (χ1n) is 10.4. The van der Waals surface area contributed by atoms with E-state index in [0.29, 0.717) is 13.1 Å². The molecule has 0 N–H and O–H groups in total. The Morgan fingerprint density at radius 1 is 1.14 bits per heavy atom. The van der Waals surface area contributed by atoms with Crippen molar-refractivity contribution >= 4 is 5.91 Å². The number of carbonyl (C=O) groups is 1. The van der Waals surface area contributed by atoms with Gasteiger partial charge >= 0.3 is 0 Å². The highest BCUT2D eigenvalue weighted by molar-refractivity contribution is 5.80. The number of aromatic nitrogens is 3. The van der Waals surface area contributed by atoms with Gasteiger partial charge in [0.25, 0.3) is 0 Å². The molecule has 150 valence electrons. The van der Waals surface area contributed by atoms with E-state index in [4.69, 9.17) is 5.10 Å². The van der Waals surface area contributed by atoms with Crippen LogP contribution in [0.4, 0.5) is 0 Å². The van der Waals surface area contributed by atoms with Crippen molar-refractivity contribution in [2.75, 3.05) is 20.1 Å². The zero-order valence-corrected chi connectivity index (χ0v) is 17.1. The first-order chi connectivity index (χ1) is 14.1. The van der Waals surface area contributed by atoms with Crippen LogP contribution < -0.4 is 0 Å². The van der Waals surface area contributed by atoms with E-state index in [-0.39, 0.29) is 11.8 Å². The molecule has 3 aromatic rings. The first kappa shape index (κ1) is 18.2. The minimum atomic E-state index is 0.108. The van der Waals surface area contributed by atoms with Crippen LogP contribution in [0.1, 0.15) is 29.7 Å². The predicted octanol–water partition coefficient (Wildman–Crippen LogP) is 3.16. The van der Waals surface area contributed by atoms with Crippen LogP contribution in [0, 0.1) is 12.8 Å². The summed E-state index contributed by atoms with van der Waals surface area (Å²) in [6.07, 6.45) is 6.18. The average molecular weight is 390 g/mol. The molecule has 1 saturated heterocycles. The summed E-state index contributed by atoms with van der Waals surface area (Å²) in [7, 11) is 2.11. The molecule has 4 heterocycles. The first-order valence-corrected chi connectivity index (χ1v) is 10.4. The summed E-state index contributed by atoms with van der Waals surface area (Å²) >= 11 is 0. The van der Waals surface area contributed by atoms with E-state index >= 15 is 0 Å². The maximum Gasteiger partial charge on any atom is 0.227 e. The molecule has 0 bridgehead atoms. The van der Waals surface area contributed by atoms with E-state index in [0.717, 1.165) is 48.7 Å². The molecule has 0 saturated carbocycles. The third-order valence-electron chi connectivity index (χ3n) is 6.11. The van der Waals surface area contributed by atoms with Crippen LogP contribution in [-0.2, 0) is 17.9 Å². The summed E-state index contributed by atoms with van der Waals surface area (Å²) < 4.78 is 4.13. The standard InChI is InChI=1S/C23H27N5O/c1-17-7-5-9-19(13-17)28-22(26-11-3-4-12-26)20-15-27(16-21(20)24-28)23(29)18-8-6-10-25(2)14-18/h3-5,7,9,11-13,18H,6,8,10,14-16H2,1-2H3. The summed E-state index contributed by atoms with van der Waals surface area (Å²) in [5.74, 6) is 1.42. The lowest BCUT2D eigenvalue weighted by molar-refractivity contribution is -0.137. The molecule has 5 rings (SSSR count). The number of benzene rings is 1. The summed E-state index contributed by atoms with van der Waals surface area (Å²) in [5, 5.41) is 4.94. The molecule has 0 aliphatic carbocycles. The van der Waals surface area contributed by atoms with Crippen LogP contribution in [0.15, 0.2) is 48.8 Å². The van der Waals surface area contributed by atoms with Crippen molar-refractivity contribution in [2.24, 2.45) is 5.92 Å². The third-order valence-corrected chi connectivity index (χ3v) is 6.11. The Labute approximate surface area is 171 Å². The Morgan fingerprint density at radius 3 is 2.72 bits per heavy atom. The second-order valence-electron chi connectivity index (χ2n) is 8.39. The molecule has 6 heteroatoms. The van der Waals surface area contributed by atoms with Gasteiger partial charge in [0, 0.05) is 24.5 Å². The molecule has 2 aromatic heterocycles. The molecule has 29 heavy (non-hydrogen) atoms.